The molecule has 1 saturated heterocycles. The minimum atomic E-state index is -3.72. The summed E-state index contributed by atoms with van der Waals surface area (Å²) in [6, 6.07) is 0. The molecule has 0 aromatic heterocycles. The van der Waals surface area contributed by atoms with Crippen LogP contribution in [0.1, 0.15) is 27.2 Å². The number of hydrogen-bond donors (Lipinski definition) is 0. The van der Waals surface area contributed by atoms with Crippen LogP contribution in [-0.4, -0.2) is 48.7 Å². The molecule has 0 saturated carbocycles. The van der Waals surface area contributed by atoms with E-state index in [4.69, 9.17) is 23.5 Å². The van der Waals surface area contributed by atoms with Crippen molar-refractivity contribution in [3.05, 3.63) is 0 Å². The van der Waals surface area contributed by atoms with Gasteiger partial charge < -0.3 is 4.43 Å². The Morgan fingerprint density at radius 1 is 1.09 bits per heavy atom. The molecule has 134 valence electrons. The molecule has 12 heteroatoms. The first kappa shape index (κ1) is 22.9. The number of halogens is 3. The molecule has 22 heavy (non-hydrogen) atoms. The summed E-state index contributed by atoms with van der Waals surface area (Å²) in [5, 5.41) is 0.139. The first-order chi connectivity index (χ1) is 9.43. The van der Waals surface area contributed by atoms with Crippen molar-refractivity contribution in [1.29, 1.82) is 0 Å². The van der Waals surface area contributed by atoms with Crippen LogP contribution in [0.2, 0.25) is 18.1 Å². The van der Waals surface area contributed by atoms with Gasteiger partial charge >= 0.3 is 8.26 Å². The van der Waals surface area contributed by atoms with Crippen molar-refractivity contribution in [1.82, 2.24) is 4.31 Å². The lowest BCUT2D eigenvalue weighted by Crippen LogP contribution is -2.44. The van der Waals surface area contributed by atoms with Crippen molar-refractivity contribution in [2.45, 2.75) is 51.4 Å². The second-order valence-corrected chi connectivity index (χ2v) is 17.4. The lowest BCUT2D eigenvalue weighted by molar-refractivity contribution is 0.194. The lowest BCUT2D eigenvalue weighted by atomic mass is 10.2. The fourth-order valence-corrected chi connectivity index (χ4v) is 4.01. The molecule has 0 aromatic carbocycles. The Morgan fingerprint density at radius 3 is 1.77 bits per heavy atom. The average Bonchev–Trinajstić information content (AvgIpc) is 2.59. The van der Waals surface area contributed by atoms with E-state index < -0.39 is 25.8 Å². The molecular formula is C10H22Cl3NO5S2Si. The maximum atomic E-state index is 11.2. The van der Waals surface area contributed by atoms with Gasteiger partial charge in [-0.05, 0) is 24.6 Å². The second-order valence-electron chi connectivity index (χ2n) is 6.47. The zero-order valence-corrected chi connectivity index (χ0v) is 18.0. The largest absolute Gasteiger partial charge is 0.413 e. The molecule has 0 spiro atoms. The fourth-order valence-electron chi connectivity index (χ4n) is 1.59. The molecule has 1 fully saturated rings. The van der Waals surface area contributed by atoms with Crippen LogP contribution in [0.4, 0.5) is 0 Å². The van der Waals surface area contributed by atoms with Crippen molar-refractivity contribution in [2.24, 2.45) is 0 Å². The van der Waals surface area contributed by atoms with Crippen LogP contribution in [0.15, 0.2) is 0 Å². The molecule has 1 aliphatic rings. The van der Waals surface area contributed by atoms with Gasteiger partial charge in [0.15, 0.2) is 8.32 Å². The fraction of sp³-hybridized carbons (Fsp3) is 1.00. The normalized spacial score (nSPS) is 21.4. The Kier molecular flexibility index (Phi) is 8.18. The highest BCUT2D eigenvalue weighted by atomic mass is 36.0. The van der Waals surface area contributed by atoms with Gasteiger partial charge in [0.2, 0.25) is 0 Å². The van der Waals surface area contributed by atoms with Crippen molar-refractivity contribution in [2.75, 3.05) is 13.1 Å². The Balaban J connectivity index is 0.000000763. The second kappa shape index (κ2) is 7.86. The average molecular weight is 435 g/mol. The summed E-state index contributed by atoms with van der Waals surface area (Å²) >= 11 is 0. The molecule has 1 aliphatic heterocycles. The topological polar surface area (TPSA) is 80.8 Å². The Labute approximate surface area is 147 Å². The van der Waals surface area contributed by atoms with Crippen LogP contribution in [0, 0.1) is 0 Å². The summed E-state index contributed by atoms with van der Waals surface area (Å²) in [6.45, 7) is 11.7. The van der Waals surface area contributed by atoms with Crippen LogP contribution in [0.25, 0.3) is 0 Å². The van der Waals surface area contributed by atoms with Gasteiger partial charge in [-0.1, -0.05) is 20.8 Å². The molecular weight excluding hydrogens is 413 g/mol. The van der Waals surface area contributed by atoms with Gasteiger partial charge in [-0.25, -0.2) is 0 Å². The summed E-state index contributed by atoms with van der Waals surface area (Å²) in [5.74, 6) is 0. The Morgan fingerprint density at radius 2 is 1.50 bits per heavy atom. The lowest BCUT2D eigenvalue weighted by Gasteiger charge is -2.38. The van der Waals surface area contributed by atoms with E-state index in [1.54, 1.807) is 0 Å². The third-order valence-corrected chi connectivity index (χ3v) is 9.75. The van der Waals surface area contributed by atoms with Gasteiger partial charge in [0.25, 0.3) is 9.24 Å². The molecule has 1 heterocycles. The molecule has 1 rings (SSSR count). The predicted molar refractivity (Wildman–Crippen MR) is 93.7 cm³/mol. The highest BCUT2D eigenvalue weighted by Gasteiger charge is 2.41. The number of rotatable bonds is 3. The van der Waals surface area contributed by atoms with E-state index in [-0.39, 0.29) is 11.1 Å². The van der Waals surface area contributed by atoms with Crippen LogP contribution in [0.5, 0.6) is 0 Å². The molecule has 0 aromatic rings. The first-order valence-electron chi connectivity index (χ1n) is 6.45. The third kappa shape index (κ3) is 9.26. The molecule has 0 aliphatic carbocycles. The zero-order chi connectivity index (χ0) is 18.0. The van der Waals surface area contributed by atoms with Crippen molar-refractivity contribution in [3.63, 3.8) is 0 Å². The summed E-state index contributed by atoms with van der Waals surface area (Å²) in [5.41, 5.74) is 0. The summed E-state index contributed by atoms with van der Waals surface area (Å²) in [6.07, 6.45) is 0.725. The van der Waals surface area contributed by atoms with Gasteiger partial charge in [0.1, 0.15) is 0 Å². The summed E-state index contributed by atoms with van der Waals surface area (Å²) < 4.78 is 48.1. The van der Waals surface area contributed by atoms with E-state index in [9.17, 15) is 8.42 Å². The standard InChI is InChI=1S/C10H22ClNO3SSi.Cl2O2S/c1-10(2,3)17(4,5)15-9-6-7-12(8-9)16(11,13)14;1-5(2,3)4/h9H,6-8H2,1-5H3;. The van der Waals surface area contributed by atoms with Gasteiger partial charge in [0.05, 0.1) is 6.10 Å². The molecule has 0 radical (unpaired) electrons. The minimum Gasteiger partial charge on any atom is -0.413 e. The molecule has 1 atom stereocenters. The van der Waals surface area contributed by atoms with Crippen LogP contribution in [-0.2, 0) is 21.9 Å². The van der Waals surface area contributed by atoms with Crippen LogP contribution in [0.3, 0.4) is 0 Å². The van der Waals surface area contributed by atoms with E-state index in [1.807, 2.05) is 0 Å². The van der Waals surface area contributed by atoms with E-state index in [2.05, 4.69) is 55.2 Å². The third-order valence-electron chi connectivity index (χ3n) is 3.68. The Bertz CT molecular complexity index is 566. The van der Waals surface area contributed by atoms with Crippen molar-refractivity contribution >= 4 is 57.9 Å². The van der Waals surface area contributed by atoms with E-state index >= 15 is 0 Å². The molecule has 0 amide bonds. The molecule has 6 nitrogen and oxygen atoms in total. The molecule has 0 N–H and O–H groups in total. The Hall–Kier alpha value is 0.907. The highest BCUT2D eigenvalue weighted by Crippen LogP contribution is 2.38. The number of nitrogens with zero attached hydrogens (tertiary/aromatic N) is 1. The maximum Gasteiger partial charge on any atom is 0.317 e. The van der Waals surface area contributed by atoms with Gasteiger partial charge in [-0.15, -0.1) is 0 Å². The zero-order valence-electron chi connectivity index (χ0n) is 13.1. The van der Waals surface area contributed by atoms with Crippen LogP contribution >= 0.6 is 32.0 Å². The minimum absolute atomic E-state index is 0.00980. The quantitative estimate of drug-likeness (QED) is 0.503. The van der Waals surface area contributed by atoms with Crippen LogP contribution < -0.4 is 0 Å². The predicted octanol–water partition coefficient (Wildman–Crippen LogP) is 3.27. The summed E-state index contributed by atoms with van der Waals surface area (Å²) in [4.78, 5) is 0. The van der Waals surface area contributed by atoms with Gasteiger partial charge in [-0.3, -0.25) is 0 Å². The maximum absolute atomic E-state index is 11.2. The molecule has 0 bridgehead atoms. The van der Waals surface area contributed by atoms with E-state index in [1.165, 1.54) is 4.31 Å². The molecule has 1 unspecified atom stereocenters. The van der Waals surface area contributed by atoms with E-state index in [0.717, 1.165) is 6.42 Å². The number of hydrogen-bond acceptors (Lipinski definition) is 5. The highest BCUT2D eigenvalue weighted by molar-refractivity contribution is 8.31. The summed E-state index contributed by atoms with van der Waals surface area (Å²) in [7, 11) is 4.72. The smallest absolute Gasteiger partial charge is 0.317 e. The SMILES string of the molecule is CC(C)(C)[Si](C)(C)OC1CCN(S(=O)(=O)Cl)C1.O=S(=O)(Cl)Cl. The monoisotopic (exact) mass is 433 g/mol. The first-order valence-corrected chi connectivity index (χ1v) is 14.8. The van der Waals surface area contributed by atoms with Gasteiger partial charge in [0, 0.05) is 45.1 Å². The van der Waals surface area contributed by atoms with E-state index in [0.29, 0.717) is 13.1 Å². The van der Waals surface area contributed by atoms with Crippen molar-refractivity contribution < 1.29 is 21.3 Å². The van der Waals surface area contributed by atoms with Gasteiger partial charge in [-0.2, -0.15) is 21.1 Å². The van der Waals surface area contributed by atoms with Crippen molar-refractivity contribution in [3.8, 4) is 0 Å².